The van der Waals surface area contributed by atoms with Crippen molar-refractivity contribution in [3.8, 4) is 0 Å². The summed E-state index contributed by atoms with van der Waals surface area (Å²) in [5, 5.41) is 0. The highest BCUT2D eigenvalue weighted by atomic mass is 16.5. The van der Waals surface area contributed by atoms with Gasteiger partial charge < -0.3 is 9.64 Å². The maximum Gasteiger partial charge on any atom is 0.329 e. The van der Waals surface area contributed by atoms with Crippen LogP contribution in [-0.2, 0) is 19.1 Å². The molecule has 1 atom stereocenters. The Hall–Kier alpha value is -4.25. The summed E-state index contributed by atoms with van der Waals surface area (Å²) in [5.74, 6) is -3.21. The van der Waals surface area contributed by atoms with E-state index in [2.05, 4.69) is 4.90 Å². The van der Waals surface area contributed by atoms with Crippen molar-refractivity contribution in [2.75, 3.05) is 4.90 Å². The van der Waals surface area contributed by atoms with E-state index in [-0.39, 0.29) is 5.76 Å². The zero-order valence-corrected chi connectivity index (χ0v) is 17.5. The fourth-order valence-electron chi connectivity index (χ4n) is 3.51. The third-order valence-corrected chi connectivity index (χ3v) is 5.03. The molecule has 3 aromatic rings. The van der Waals surface area contributed by atoms with Gasteiger partial charge in [-0.1, -0.05) is 54.6 Å². The molecule has 158 valence electrons. The molecule has 5 heteroatoms. The summed E-state index contributed by atoms with van der Waals surface area (Å²) in [5.41, 5.74) is 3.77. The highest BCUT2D eigenvalue weighted by molar-refractivity contribution is 6.25. The molecule has 1 aliphatic rings. The molecule has 1 unspecified atom stereocenters. The Morgan fingerprint density at radius 3 is 1.88 bits per heavy atom. The Balaban J connectivity index is 1.56. The molecule has 0 amide bonds. The molecular weight excluding hydrogens is 402 g/mol. The summed E-state index contributed by atoms with van der Waals surface area (Å²) in [6.07, 6.45) is 4.01. The zero-order valence-electron chi connectivity index (χ0n) is 17.5. The summed E-state index contributed by atoms with van der Waals surface area (Å²) < 4.78 is 4.91. The van der Waals surface area contributed by atoms with Crippen LogP contribution in [0.2, 0.25) is 0 Å². The van der Waals surface area contributed by atoms with Crippen molar-refractivity contribution in [3.05, 3.63) is 108 Å². The summed E-state index contributed by atoms with van der Waals surface area (Å²) in [6, 6.07) is 27.7. The van der Waals surface area contributed by atoms with E-state index in [4.69, 9.17) is 4.74 Å². The number of para-hydroxylation sites is 2. The minimum atomic E-state index is -1.43. The standard InChI is InChI=1S/C27H21NO4/c1-19-18-25(30)26(27(31)32-19)24(29)17-14-20-12-15-23(16-13-20)28(21-8-4-2-5-9-21)22-10-6-3-7-11-22/h2-18,26H,1H3. The molecule has 0 spiro atoms. The lowest BCUT2D eigenvalue weighted by atomic mass is 9.96. The normalized spacial score (nSPS) is 15.9. The van der Waals surface area contributed by atoms with Gasteiger partial charge in [-0.15, -0.1) is 0 Å². The third kappa shape index (κ3) is 4.57. The highest BCUT2D eigenvalue weighted by Crippen LogP contribution is 2.34. The van der Waals surface area contributed by atoms with E-state index in [1.807, 2.05) is 84.9 Å². The Kier molecular flexibility index (Phi) is 6.08. The van der Waals surface area contributed by atoms with E-state index in [9.17, 15) is 14.4 Å². The van der Waals surface area contributed by atoms with E-state index in [0.29, 0.717) is 0 Å². The van der Waals surface area contributed by atoms with Gasteiger partial charge in [-0.2, -0.15) is 0 Å². The molecule has 4 rings (SSSR count). The molecule has 1 heterocycles. The van der Waals surface area contributed by atoms with Gasteiger partial charge >= 0.3 is 5.97 Å². The molecule has 0 N–H and O–H groups in total. The Morgan fingerprint density at radius 2 is 1.34 bits per heavy atom. The van der Waals surface area contributed by atoms with Crippen LogP contribution in [0.3, 0.4) is 0 Å². The fraction of sp³-hybridized carbons (Fsp3) is 0.0741. The number of benzene rings is 3. The van der Waals surface area contributed by atoms with Crippen molar-refractivity contribution in [2.45, 2.75) is 6.92 Å². The minimum absolute atomic E-state index is 0.199. The van der Waals surface area contributed by atoms with Crippen molar-refractivity contribution in [3.63, 3.8) is 0 Å². The lowest BCUT2D eigenvalue weighted by Gasteiger charge is -2.25. The first kappa shape index (κ1) is 21.0. The zero-order chi connectivity index (χ0) is 22.5. The number of carbonyl (C=O) groups excluding carboxylic acids is 3. The average molecular weight is 423 g/mol. The van der Waals surface area contributed by atoms with Crippen LogP contribution in [0.5, 0.6) is 0 Å². The van der Waals surface area contributed by atoms with Crippen LogP contribution in [0.15, 0.2) is 103 Å². The number of esters is 1. The van der Waals surface area contributed by atoms with Gasteiger partial charge in [0, 0.05) is 23.1 Å². The Bertz CT molecular complexity index is 1160. The van der Waals surface area contributed by atoms with Crippen LogP contribution in [0.1, 0.15) is 12.5 Å². The van der Waals surface area contributed by atoms with Gasteiger partial charge in [-0.3, -0.25) is 14.4 Å². The van der Waals surface area contributed by atoms with E-state index in [1.54, 1.807) is 6.08 Å². The molecule has 1 aliphatic heterocycles. The maximum atomic E-state index is 12.4. The number of nitrogens with zero attached hydrogens (tertiary/aromatic N) is 1. The second kappa shape index (κ2) is 9.27. The van der Waals surface area contributed by atoms with Gasteiger partial charge in [0.05, 0.1) is 0 Å². The Labute approximate surface area is 186 Å². The monoisotopic (exact) mass is 423 g/mol. The number of anilines is 3. The second-order valence-corrected chi connectivity index (χ2v) is 7.35. The van der Waals surface area contributed by atoms with Gasteiger partial charge in [0.2, 0.25) is 0 Å². The number of ketones is 2. The predicted molar refractivity (Wildman–Crippen MR) is 124 cm³/mol. The van der Waals surface area contributed by atoms with Crippen molar-refractivity contribution in [2.24, 2.45) is 5.92 Å². The molecule has 0 aromatic heterocycles. The largest absolute Gasteiger partial charge is 0.430 e. The molecule has 3 aromatic carbocycles. The summed E-state index contributed by atoms with van der Waals surface area (Å²) in [6.45, 7) is 1.50. The molecule has 0 radical (unpaired) electrons. The average Bonchev–Trinajstić information content (AvgIpc) is 2.79. The number of ether oxygens (including phenoxy) is 1. The molecule has 32 heavy (non-hydrogen) atoms. The quantitative estimate of drug-likeness (QED) is 0.302. The molecule has 0 fully saturated rings. The van der Waals surface area contributed by atoms with Gasteiger partial charge in [-0.05, 0) is 55.0 Å². The second-order valence-electron chi connectivity index (χ2n) is 7.35. The third-order valence-electron chi connectivity index (χ3n) is 5.03. The van der Waals surface area contributed by atoms with Gasteiger partial charge in [0.1, 0.15) is 5.76 Å². The first-order valence-corrected chi connectivity index (χ1v) is 10.2. The lowest BCUT2D eigenvalue weighted by molar-refractivity contribution is -0.151. The van der Waals surface area contributed by atoms with Crippen molar-refractivity contribution >= 4 is 40.7 Å². The maximum absolute atomic E-state index is 12.4. The first-order chi connectivity index (χ1) is 15.5. The van der Waals surface area contributed by atoms with Gasteiger partial charge in [-0.25, -0.2) is 0 Å². The predicted octanol–water partition coefficient (Wildman–Crippen LogP) is 5.38. The highest BCUT2D eigenvalue weighted by Gasteiger charge is 2.36. The van der Waals surface area contributed by atoms with Crippen LogP contribution in [0, 0.1) is 5.92 Å². The van der Waals surface area contributed by atoms with Crippen molar-refractivity contribution < 1.29 is 19.1 Å². The smallest absolute Gasteiger partial charge is 0.329 e. The van der Waals surface area contributed by atoms with Crippen LogP contribution < -0.4 is 4.90 Å². The van der Waals surface area contributed by atoms with Crippen molar-refractivity contribution in [1.82, 2.24) is 0 Å². The summed E-state index contributed by atoms with van der Waals surface area (Å²) in [7, 11) is 0. The molecule has 5 nitrogen and oxygen atoms in total. The molecule has 0 bridgehead atoms. The number of hydrogen-bond donors (Lipinski definition) is 0. The van der Waals surface area contributed by atoms with Crippen molar-refractivity contribution in [1.29, 1.82) is 0 Å². The Morgan fingerprint density at radius 1 is 0.812 bits per heavy atom. The van der Waals surface area contributed by atoms with E-state index in [1.165, 1.54) is 19.1 Å². The number of allylic oxidation sites excluding steroid dienone is 3. The number of rotatable bonds is 6. The molecular formula is C27H21NO4. The molecule has 0 saturated carbocycles. The number of cyclic esters (lactones) is 1. The number of carbonyl (C=O) groups is 3. The first-order valence-electron chi connectivity index (χ1n) is 10.2. The van der Waals surface area contributed by atoms with Gasteiger partial charge in [0.15, 0.2) is 17.5 Å². The van der Waals surface area contributed by atoms with Crippen LogP contribution in [0.4, 0.5) is 17.1 Å². The number of hydrogen-bond acceptors (Lipinski definition) is 5. The van der Waals surface area contributed by atoms with E-state index in [0.717, 1.165) is 22.6 Å². The van der Waals surface area contributed by atoms with Crippen LogP contribution >= 0.6 is 0 Å². The molecule has 0 aliphatic carbocycles. The van der Waals surface area contributed by atoms with Crippen LogP contribution in [0.25, 0.3) is 6.08 Å². The minimum Gasteiger partial charge on any atom is -0.430 e. The topological polar surface area (TPSA) is 63.7 Å². The lowest BCUT2D eigenvalue weighted by Crippen LogP contribution is -2.34. The van der Waals surface area contributed by atoms with E-state index >= 15 is 0 Å². The van der Waals surface area contributed by atoms with E-state index < -0.39 is 23.5 Å². The summed E-state index contributed by atoms with van der Waals surface area (Å²) >= 11 is 0. The van der Waals surface area contributed by atoms with Gasteiger partial charge in [0.25, 0.3) is 0 Å². The summed E-state index contributed by atoms with van der Waals surface area (Å²) in [4.78, 5) is 38.5. The van der Waals surface area contributed by atoms with Crippen LogP contribution in [-0.4, -0.2) is 17.5 Å². The SMILES string of the molecule is CC1=CC(=O)C(C(=O)C=Cc2ccc(N(c3ccccc3)c3ccccc3)cc2)C(=O)O1. The molecule has 0 saturated heterocycles. The fourth-order valence-corrected chi connectivity index (χ4v) is 3.51.